The Bertz CT molecular complexity index is 959. The zero-order valence-corrected chi connectivity index (χ0v) is 16.7. The molecular formula is C20H18N2O4S2. The van der Waals surface area contributed by atoms with Crippen LogP contribution in [0.4, 0.5) is 0 Å². The van der Waals surface area contributed by atoms with Crippen LogP contribution in [0.3, 0.4) is 0 Å². The summed E-state index contributed by atoms with van der Waals surface area (Å²) in [5.74, 6) is 1.11. The topological polar surface area (TPSA) is 78.4 Å². The van der Waals surface area contributed by atoms with Crippen LogP contribution in [0.15, 0.2) is 36.4 Å². The molecule has 0 unspecified atom stereocenters. The number of aromatic nitrogens is 2. The van der Waals surface area contributed by atoms with Gasteiger partial charge in [-0.05, 0) is 12.1 Å². The molecule has 0 aliphatic carbocycles. The van der Waals surface area contributed by atoms with E-state index in [2.05, 4.69) is 9.97 Å². The van der Waals surface area contributed by atoms with Gasteiger partial charge in [-0.1, -0.05) is 47.8 Å². The predicted octanol–water partition coefficient (Wildman–Crippen LogP) is 3.58. The fourth-order valence-electron chi connectivity index (χ4n) is 2.85. The van der Waals surface area contributed by atoms with Gasteiger partial charge >= 0.3 is 0 Å². The average Bonchev–Trinajstić information content (AvgIpc) is 2.73. The molecule has 6 nitrogen and oxygen atoms in total. The minimum atomic E-state index is -0.109. The van der Waals surface area contributed by atoms with Crippen LogP contribution in [-0.2, 0) is 9.47 Å². The van der Waals surface area contributed by atoms with Crippen LogP contribution in [0.25, 0.3) is 21.8 Å². The molecule has 4 bridgehead atoms. The lowest BCUT2D eigenvalue weighted by Gasteiger charge is -2.08. The normalized spacial score (nSPS) is 17.4. The summed E-state index contributed by atoms with van der Waals surface area (Å²) in [5.41, 5.74) is 2.01. The molecule has 0 saturated heterocycles. The summed E-state index contributed by atoms with van der Waals surface area (Å²) in [6.45, 7) is 1.86. The standard InChI is InChI=1S/C20H18N2O4S2/c23-19-15-5-3-13-1-2-14-4-6-16(22-18(14)17(13)21-15)20(24)28-12-10-26-8-7-25-9-11-27-19/h1-6H,7-12H2. The van der Waals surface area contributed by atoms with E-state index < -0.39 is 0 Å². The molecule has 3 heterocycles. The lowest BCUT2D eigenvalue weighted by Crippen LogP contribution is -2.10. The third-order valence-electron chi connectivity index (χ3n) is 4.23. The van der Waals surface area contributed by atoms with E-state index in [9.17, 15) is 9.59 Å². The van der Waals surface area contributed by atoms with Crippen molar-refractivity contribution in [3.05, 3.63) is 47.8 Å². The first-order valence-electron chi connectivity index (χ1n) is 8.93. The average molecular weight is 415 g/mol. The highest BCUT2D eigenvalue weighted by Gasteiger charge is 2.14. The zero-order chi connectivity index (χ0) is 19.3. The molecular weight excluding hydrogens is 396 g/mol. The summed E-state index contributed by atoms with van der Waals surface area (Å²) in [6.07, 6.45) is 0. The summed E-state index contributed by atoms with van der Waals surface area (Å²) in [7, 11) is 0. The first kappa shape index (κ1) is 19.3. The number of hydrogen-bond donors (Lipinski definition) is 0. The Morgan fingerprint density at radius 3 is 1.54 bits per heavy atom. The molecule has 0 saturated carbocycles. The maximum Gasteiger partial charge on any atom is 0.237 e. The molecule has 1 aliphatic heterocycles. The second kappa shape index (κ2) is 9.00. The van der Waals surface area contributed by atoms with Gasteiger partial charge < -0.3 is 9.47 Å². The molecule has 4 rings (SSSR count). The molecule has 28 heavy (non-hydrogen) atoms. The summed E-state index contributed by atoms with van der Waals surface area (Å²) in [6, 6.07) is 11.1. The number of pyridine rings is 2. The number of carbonyl (C=O) groups is 2. The molecule has 1 aliphatic rings. The molecule has 0 spiro atoms. The molecule has 0 atom stereocenters. The quantitative estimate of drug-likeness (QED) is 0.517. The van der Waals surface area contributed by atoms with Crippen molar-refractivity contribution < 1.29 is 19.1 Å². The van der Waals surface area contributed by atoms with Crippen molar-refractivity contribution in [3.8, 4) is 0 Å². The van der Waals surface area contributed by atoms with Crippen molar-refractivity contribution in [1.82, 2.24) is 9.97 Å². The number of hydrogen-bond acceptors (Lipinski definition) is 8. The largest absolute Gasteiger partial charge is 0.378 e. The lowest BCUT2D eigenvalue weighted by molar-refractivity contribution is 0.0604. The SMILES string of the molecule is O=C1SCCOCCOCCSC(=O)c2ccc3ccc4ccc1nc4c3n2. The Balaban J connectivity index is 1.75. The van der Waals surface area contributed by atoms with Gasteiger partial charge in [0.05, 0.1) is 37.5 Å². The van der Waals surface area contributed by atoms with E-state index in [1.807, 2.05) is 24.3 Å². The van der Waals surface area contributed by atoms with Crippen molar-refractivity contribution in [2.24, 2.45) is 0 Å². The predicted molar refractivity (Wildman–Crippen MR) is 112 cm³/mol. The number of benzene rings is 1. The molecule has 144 valence electrons. The highest BCUT2D eigenvalue weighted by atomic mass is 32.2. The van der Waals surface area contributed by atoms with Crippen LogP contribution in [0.5, 0.6) is 0 Å². The summed E-state index contributed by atoms with van der Waals surface area (Å²) in [5, 5.41) is 1.54. The van der Waals surface area contributed by atoms with E-state index in [0.29, 0.717) is 60.4 Å². The van der Waals surface area contributed by atoms with E-state index in [0.717, 1.165) is 10.8 Å². The zero-order valence-electron chi connectivity index (χ0n) is 15.1. The first-order chi connectivity index (χ1) is 13.7. The van der Waals surface area contributed by atoms with Gasteiger partial charge in [-0.2, -0.15) is 0 Å². The van der Waals surface area contributed by atoms with Gasteiger partial charge in [0, 0.05) is 22.3 Å². The van der Waals surface area contributed by atoms with E-state index in [1.54, 1.807) is 12.1 Å². The Hall–Kier alpha value is -2.00. The second-order valence-electron chi connectivity index (χ2n) is 6.10. The number of ether oxygens (including phenoxy) is 2. The second-order valence-corrected chi connectivity index (χ2v) is 8.23. The van der Waals surface area contributed by atoms with Crippen LogP contribution >= 0.6 is 23.5 Å². The van der Waals surface area contributed by atoms with Crippen molar-refractivity contribution in [3.63, 3.8) is 0 Å². The highest BCUT2D eigenvalue weighted by molar-refractivity contribution is 8.14. The number of carbonyl (C=O) groups excluding carboxylic acids is 2. The van der Waals surface area contributed by atoms with Crippen molar-refractivity contribution in [2.45, 2.75) is 0 Å². The van der Waals surface area contributed by atoms with Crippen molar-refractivity contribution in [1.29, 1.82) is 0 Å². The van der Waals surface area contributed by atoms with Crippen LogP contribution in [-0.4, -0.2) is 58.1 Å². The van der Waals surface area contributed by atoms with E-state index in [-0.39, 0.29) is 10.2 Å². The minimum absolute atomic E-state index is 0.109. The molecule has 8 heteroatoms. The molecule has 0 amide bonds. The maximum atomic E-state index is 12.5. The summed E-state index contributed by atoms with van der Waals surface area (Å²) >= 11 is 2.36. The molecule has 0 fully saturated rings. The first-order valence-corrected chi connectivity index (χ1v) is 10.9. The van der Waals surface area contributed by atoms with E-state index in [4.69, 9.17) is 9.47 Å². The number of thioether (sulfide) groups is 2. The number of fused-ring (bicyclic) bond motifs is 2. The summed E-state index contributed by atoms with van der Waals surface area (Å²) < 4.78 is 10.9. The van der Waals surface area contributed by atoms with E-state index >= 15 is 0 Å². The van der Waals surface area contributed by atoms with Crippen molar-refractivity contribution in [2.75, 3.05) is 37.9 Å². The lowest BCUT2D eigenvalue weighted by atomic mass is 10.1. The molecule has 3 aromatic rings. The molecule has 0 N–H and O–H groups in total. The Morgan fingerprint density at radius 1 is 0.643 bits per heavy atom. The monoisotopic (exact) mass is 414 g/mol. The van der Waals surface area contributed by atoms with Gasteiger partial charge in [0.25, 0.3) is 0 Å². The maximum absolute atomic E-state index is 12.5. The molecule has 1 aromatic carbocycles. The minimum Gasteiger partial charge on any atom is -0.378 e. The highest BCUT2D eigenvalue weighted by Crippen LogP contribution is 2.25. The van der Waals surface area contributed by atoms with Crippen molar-refractivity contribution >= 4 is 55.6 Å². The Kier molecular flexibility index (Phi) is 6.21. The number of rotatable bonds is 0. The van der Waals surface area contributed by atoms with Crippen LogP contribution in [0.1, 0.15) is 21.0 Å². The van der Waals surface area contributed by atoms with Gasteiger partial charge in [-0.3, -0.25) is 9.59 Å². The van der Waals surface area contributed by atoms with Gasteiger partial charge in [0.15, 0.2) is 0 Å². The smallest absolute Gasteiger partial charge is 0.237 e. The van der Waals surface area contributed by atoms with Gasteiger partial charge in [0.2, 0.25) is 10.2 Å². The molecule has 2 aromatic heterocycles. The van der Waals surface area contributed by atoms with Gasteiger partial charge in [0.1, 0.15) is 11.4 Å². The molecule has 0 radical (unpaired) electrons. The third-order valence-corrected chi connectivity index (χ3v) is 5.92. The Labute approximate surface area is 170 Å². The Morgan fingerprint density at radius 2 is 1.07 bits per heavy atom. The van der Waals surface area contributed by atoms with Gasteiger partial charge in [-0.15, -0.1) is 0 Å². The van der Waals surface area contributed by atoms with E-state index in [1.165, 1.54) is 23.5 Å². The van der Waals surface area contributed by atoms with Crippen LogP contribution < -0.4 is 0 Å². The van der Waals surface area contributed by atoms with Gasteiger partial charge in [-0.25, -0.2) is 9.97 Å². The third kappa shape index (κ3) is 4.35. The number of nitrogens with zero attached hydrogens (tertiary/aromatic N) is 2. The fourth-order valence-corrected chi connectivity index (χ4v) is 4.15. The fraction of sp³-hybridized carbons (Fsp3) is 0.300. The summed E-state index contributed by atoms with van der Waals surface area (Å²) in [4.78, 5) is 34.1. The van der Waals surface area contributed by atoms with Crippen LogP contribution in [0, 0.1) is 0 Å². The van der Waals surface area contributed by atoms with Crippen LogP contribution in [0.2, 0.25) is 0 Å².